The second-order valence-electron chi connectivity index (χ2n) is 8.95. The predicted molar refractivity (Wildman–Crippen MR) is 121 cm³/mol. The van der Waals surface area contributed by atoms with Crippen LogP contribution in [0.1, 0.15) is 33.3 Å². The zero-order valence-corrected chi connectivity index (χ0v) is 17.5. The first-order chi connectivity index (χ1) is 13.9. The molecule has 0 aliphatic carbocycles. The lowest BCUT2D eigenvalue weighted by Gasteiger charge is -2.32. The van der Waals surface area contributed by atoms with Crippen LogP contribution in [0.5, 0.6) is 0 Å². The molecule has 0 spiro atoms. The molecular formula is C25H26BNO2. The summed E-state index contributed by atoms with van der Waals surface area (Å²) >= 11 is 0. The van der Waals surface area contributed by atoms with Gasteiger partial charge in [0.2, 0.25) is 0 Å². The monoisotopic (exact) mass is 383 g/mol. The van der Waals surface area contributed by atoms with Gasteiger partial charge >= 0.3 is 7.12 Å². The fourth-order valence-electron chi connectivity index (χ4n) is 4.13. The van der Waals surface area contributed by atoms with Crippen LogP contribution in [-0.2, 0) is 15.9 Å². The van der Waals surface area contributed by atoms with E-state index < -0.39 is 0 Å². The van der Waals surface area contributed by atoms with Gasteiger partial charge in [0, 0.05) is 28.4 Å². The summed E-state index contributed by atoms with van der Waals surface area (Å²) in [5, 5.41) is 2.54. The molecule has 4 aromatic rings. The van der Waals surface area contributed by atoms with Gasteiger partial charge in [-0.25, -0.2) is 0 Å². The standard InChI is InChI=1S/C25H26BNO2/c1-24(2)25(3,4)29-26(28-24)19-14-15-21-20-12-8-9-13-22(20)27(23(21)16-19)17-18-10-6-5-7-11-18/h5-16H,17H2,1-4H3. The maximum absolute atomic E-state index is 6.30. The molecule has 2 heterocycles. The van der Waals surface area contributed by atoms with Gasteiger partial charge in [0.1, 0.15) is 0 Å². The molecule has 5 rings (SSSR count). The molecule has 3 nitrogen and oxygen atoms in total. The minimum Gasteiger partial charge on any atom is -0.399 e. The quantitative estimate of drug-likeness (QED) is 0.457. The van der Waals surface area contributed by atoms with E-state index in [-0.39, 0.29) is 18.3 Å². The van der Waals surface area contributed by atoms with Crippen molar-refractivity contribution in [2.24, 2.45) is 0 Å². The number of hydrogen-bond acceptors (Lipinski definition) is 2. The van der Waals surface area contributed by atoms with Crippen LogP contribution in [0.25, 0.3) is 21.8 Å². The van der Waals surface area contributed by atoms with Crippen LogP contribution < -0.4 is 5.46 Å². The SMILES string of the molecule is CC1(C)OB(c2ccc3c4ccccc4n(Cc4ccccc4)c3c2)OC1(C)C. The van der Waals surface area contributed by atoms with Crippen molar-refractivity contribution in [3.05, 3.63) is 78.4 Å². The molecule has 0 radical (unpaired) electrons. The average Bonchev–Trinajstić information content (AvgIpc) is 3.13. The number of fused-ring (bicyclic) bond motifs is 3. The van der Waals surface area contributed by atoms with Crippen LogP contribution in [0.4, 0.5) is 0 Å². The Morgan fingerprint density at radius 2 is 1.34 bits per heavy atom. The summed E-state index contributed by atoms with van der Waals surface area (Å²) in [5.74, 6) is 0. The molecule has 0 amide bonds. The fraction of sp³-hybridized carbons (Fsp3) is 0.280. The highest BCUT2D eigenvalue weighted by Crippen LogP contribution is 2.37. The van der Waals surface area contributed by atoms with Gasteiger partial charge in [-0.05, 0) is 50.9 Å². The van der Waals surface area contributed by atoms with Gasteiger partial charge in [-0.3, -0.25) is 0 Å². The van der Waals surface area contributed by atoms with Gasteiger partial charge in [-0.15, -0.1) is 0 Å². The highest BCUT2D eigenvalue weighted by molar-refractivity contribution is 6.62. The molecule has 4 heteroatoms. The summed E-state index contributed by atoms with van der Waals surface area (Å²) in [4.78, 5) is 0. The van der Waals surface area contributed by atoms with Crippen molar-refractivity contribution < 1.29 is 9.31 Å². The van der Waals surface area contributed by atoms with Crippen molar-refractivity contribution in [3.8, 4) is 0 Å². The number of benzene rings is 3. The number of hydrogen-bond donors (Lipinski definition) is 0. The van der Waals surface area contributed by atoms with Gasteiger partial charge in [0.25, 0.3) is 0 Å². The number of para-hydroxylation sites is 1. The van der Waals surface area contributed by atoms with E-state index in [1.165, 1.54) is 27.4 Å². The van der Waals surface area contributed by atoms with Gasteiger partial charge in [0.05, 0.1) is 11.2 Å². The smallest absolute Gasteiger partial charge is 0.399 e. The first-order valence-corrected chi connectivity index (χ1v) is 10.3. The average molecular weight is 383 g/mol. The maximum atomic E-state index is 6.30. The van der Waals surface area contributed by atoms with E-state index in [0.717, 1.165) is 12.0 Å². The number of aromatic nitrogens is 1. The normalized spacial score (nSPS) is 18.0. The Bertz CT molecular complexity index is 1180. The van der Waals surface area contributed by atoms with E-state index in [4.69, 9.17) is 9.31 Å². The lowest BCUT2D eigenvalue weighted by molar-refractivity contribution is 0.00578. The van der Waals surface area contributed by atoms with Crippen LogP contribution >= 0.6 is 0 Å². The summed E-state index contributed by atoms with van der Waals surface area (Å²) < 4.78 is 15.0. The molecule has 0 bridgehead atoms. The number of nitrogens with zero attached hydrogens (tertiary/aromatic N) is 1. The highest BCUT2D eigenvalue weighted by Gasteiger charge is 2.51. The molecule has 0 saturated carbocycles. The van der Waals surface area contributed by atoms with E-state index in [1.807, 2.05) is 0 Å². The second-order valence-corrected chi connectivity index (χ2v) is 8.95. The van der Waals surface area contributed by atoms with Crippen molar-refractivity contribution in [2.45, 2.75) is 45.4 Å². The lowest BCUT2D eigenvalue weighted by Crippen LogP contribution is -2.41. The minimum atomic E-state index is -0.354. The Morgan fingerprint density at radius 1 is 0.724 bits per heavy atom. The topological polar surface area (TPSA) is 23.4 Å². The van der Waals surface area contributed by atoms with Crippen molar-refractivity contribution in [1.82, 2.24) is 4.57 Å². The largest absolute Gasteiger partial charge is 0.494 e. The molecular weight excluding hydrogens is 357 g/mol. The zero-order chi connectivity index (χ0) is 20.2. The molecule has 1 aromatic heterocycles. The Kier molecular flexibility index (Phi) is 4.13. The highest BCUT2D eigenvalue weighted by atomic mass is 16.7. The molecule has 0 N–H and O–H groups in total. The Morgan fingerprint density at radius 3 is 2.07 bits per heavy atom. The molecule has 0 unspecified atom stereocenters. The molecule has 146 valence electrons. The first kappa shape index (κ1) is 18.5. The first-order valence-electron chi connectivity index (χ1n) is 10.3. The van der Waals surface area contributed by atoms with E-state index in [0.29, 0.717) is 0 Å². The van der Waals surface area contributed by atoms with Crippen molar-refractivity contribution in [3.63, 3.8) is 0 Å². The summed E-state index contributed by atoms with van der Waals surface area (Å²) in [6.45, 7) is 9.21. The summed E-state index contributed by atoms with van der Waals surface area (Å²) in [5.41, 5.74) is 4.12. The Hall–Kier alpha value is -2.56. The van der Waals surface area contributed by atoms with Crippen LogP contribution in [0.2, 0.25) is 0 Å². The van der Waals surface area contributed by atoms with Crippen molar-refractivity contribution in [2.75, 3.05) is 0 Å². The lowest BCUT2D eigenvalue weighted by atomic mass is 9.79. The maximum Gasteiger partial charge on any atom is 0.494 e. The molecule has 1 saturated heterocycles. The van der Waals surface area contributed by atoms with Crippen LogP contribution in [0, 0.1) is 0 Å². The summed E-state index contributed by atoms with van der Waals surface area (Å²) in [7, 11) is -0.354. The molecule has 1 fully saturated rings. The summed E-state index contributed by atoms with van der Waals surface area (Å²) in [6.07, 6.45) is 0. The third-order valence-corrected chi connectivity index (χ3v) is 6.51. The Balaban J connectivity index is 1.65. The van der Waals surface area contributed by atoms with E-state index in [2.05, 4.69) is 105 Å². The molecule has 1 aliphatic rings. The molecule has 3 aromatic carbocycles. The minimum absolute atomic E-state index is 0.344. The van der Waals surface area contributed by atoms with Crippen molar-refractivity contribution >= 4 is 34.4 Å². The second kappa shape index (κ2) is 6.48. The van der Waals surface area contributed by atoms with Gasteiger partial charge < -0.3 is 13.9 Å². The molecule has 0 atom stereocenters. The van der Waals surface area contributed by atoms with Crippen LogP contribution in [0.3, 0.4) is 0 Å². The predicted octanol–water partition coefficient (Wildman–Crippen LogP) is 5.14. The molecule has 1 aliphatic heterocycles. The van der Waals surface area contributed by atoms with Gasteiger partial charge in [-0.2, -0.15) is 0 Å². The van der Waals surface area contributed by atoms with E-state index in [9.17, 15) is 0 Å². The van der Waals surface area contributed by atoms with Crippen LogP contribution in [-0.4, -0.2) is 22.9 Å². The van der Waals surface area contributed by atoms with Crippen molar-refractivity contribution in [1.29, 1.82) is 0 Å². The van der Waals surface area contributed by atoms with Gasteiger partial charge in [0.15, 0.2) is 0 Å². The Labute approximate surface area is 172 Å². The number of rotatable bonds is 3. The van der Waals surface area contributed by atoms with E-state index >= 15 is 0 Å². The third-order valence-electron chi connectivity index (χ3n) is 6.51. The third kappa shape index (κ3) is 2.99. The fourth-order valence-corrected chi connectivity index (χ4v) is 4.13. The van der Waals surface area contributed by atoms with E-state index in [1.54, 1.807) is 0 Å². The summed E-state index contributed by atoms with van der Waals surface area (Å²) in [6, 6.07) is 25.8. The zero-order valence-electron chi connectivity index (χ0n) is 17.5. The van der Waals surface area contributed by atoms with Gasteiger partial charge in [-0.1, -0.05) is 60.7 Å². The molecule has 29 heavy (non-hydrogen) atoms. The van der Waals surface area contributed by atoms with Crippen LogP contribution in [0.15, 0.2) is 72.8 Å².